The lowest BCUT2D eigenvalue weighted by molar-refractivity contribution is 0.318. The lowest BCUT2D eigenvalue weighted by atomic mass is 10.1. The van der Waals surface area contributed by atoms with E-state index in [0.29, 0.717) is 16.5 Å². The normalized spacial score (nSPS) is 12.1. The molecule has 1 rings (SSSR count). The predicted molar refractivity (Wildman–Crippen MR) is 75.1 cm³/mol. The summed E-state index contributed by atoms with van der Waals surface area (Å²) in [5.41, 5.74) is 7.12. The van der Waals surface area contributed by atoms with E-state index < -0.39 is 0 Å². The molecule has 0 spiro atoms. The quantitative estimate of drug-likeness (QED) is 0.244. The number of hydrogen-bond acceptors (Lipinski definition) is 3. The molecule has 4 N–H and O–H groups in total. The first kappa shape index (κ1) is 14.8. The number of nitrogens with zero attached hydrogens (tertiary/aromatic N) is 1. The van der Waals surface area contributed by atoms with Crippen LogP contribution in [0.5, 0.6) is 0 Å². The van der Waals surface area contributed by atoms with Crippen LogP contribution in [0, 0.1) is 5.92 Å². The molecule has 5 heteroatoms. The number of oxime groups is 1. The van der Waals surface area contributed by atoms with E-state index in [2.05, 4.69) is 24.3 Å². The third kappa shape index (κ3) is 4.55. The minimum absolute atomic E-state index is 0.0659. The number of benzene rings is 1. The first-order valence-electron chi connectivity index (χ1n) is 6.01. The third-order valence-electron chi connectivity index (χ3n) is 2.67. The van der Waals surface area contributed by atoms with Crippen molar-refractivity contribution < 1.29 is 5.21 Å². The molecule has 0 aromatic heterocycles. The average molecular weight is 270 g/mol. The molecular formula is C13H20ClN3O. The van der Waals surface area contributed by atoms with E-state index in [-0.39, 0.29) is 5.84 Å². The fourth-order valence-corrected chi connectivity index (χ4v) is 1.77. The molecule has 1 aromatic rings. The summed E-state index contributed by atoms with van der Waals surface area (Å²) in [4.78, 5) is 0. The van der Waals surface area contributed by atoms with Gasteiger partial charge in [0.05, 0.1) is 0 Å². The molecular weight excluding hydrogens is 250 g/mol. The second-order valence-corrected chi connectivity index (χ2v) is 5.06. The Bertz CT molecular complexity index is 419. The highest BCUT2D eigenvalue weighted by Gasteiger charge is 2.05. The predicted octanol–water partition coefficient (Wildman–Crippen LogP) is 2.57. The van der Waals surface area contributed by atoms with E-state index in [4.69, 9.17) is 22.5 Å². The molecule has 1 aromatic carbocycles. The minimum Gasteiger partial charge on any atom is -0.409 e. The van der Waals surface area contributed by atoms with Gasteiger partial charge in [0, 0.05) is 17.1 Å². The highest BCUT2D eigenvalue weighted by atomic mass is 35.5. The number of rotatable bonds is 6. The Morgan fingerprint density at radius 3 is 2.78 bits per heavy atom. The largest absolute Gasteiger partial charge is 0.409 e. The molecule has 100 valence electrons. The van der Waals surface area contributed by atoms with Crippen molar-refractivity contribution in [1.29, 1.82) is 0 Å². The molecule has 0 fully saturated rings. The summed E-state index contributed by atoms with van der Waals surface area (Å²) in [7, 11) is 0. The summed E-state index contributed by atoms with van der Waals surface area (Å²) < 4.78 is 0. The van der Waals surface area contributed by atoms with Gasteiger partial charge in [0.2, 0.25) is 0 Å². The molecule has 0 amide bonds. The zero-order valence-electron chi connectivity index (χ0n) is 10.8. The lowest BCUT2D eigenvalue weighted by Crippen LogP contribution is -2.17. The fourth-order valence-electron chi connectivity index (χ4n) is 1.52. The van der Waals surface area contributed by atoms with Crippen LogP contribution in [0.1, 0.15) is 31.4 Å². The van der Waals surface area contributed by atoms with Crippen molar-refractivity contribution in [2.75, 3.05) is 6.54 Å². The van der Waals surface area contributed by atoms with E-state index in [1.165, 1.54) is 0 Å². The molecule has 0 saturated heterocycles. The molecule has 4 nitrogen and oxygen atoms in total. The third-order valence-corrected chi connectivity index (χ3v) is 3.02. The topological polar surface area (TPSA) is 70.6 Å². The van der Waals surface area contributed by atoms with Crippen molar-refractivity contribution in [1.82, 2.24) is 5.32 Å². The van der Waals surface area contributed by atoms with E-state index in [9.17, 15) is 0 Å². The van der Waals surface area contributed by atoms with E-state index >= 15 is 0 Å². The Morgan fingerprint density at radius 1 is 1.50 bits per heavy atom. The summed E-state index contributed by atoms with van der Waals surface area (Å²) >= 11 is 6.14. The van der Waals surface area contributed by atoms with Gasteiger partial charge < -0.3 is 16.3 Å². The maximum atomic E-state index is 8.58. The standard InChI is InChI=1S/C13H20ClN3O/c1-9(2)5-6-16-8-11-4-3-10(7-12(11)14)13(15)17-18/h3-4,7,9,16,18H,5-6,8H2,1-2H3,(H2,15,17). The SMILES string of the molecule is CC(C)CCNCc1ccc(/C(N)=N/O)cc1Cl. The lowest BCUT2D eigenvalue weighted by Gasteiger charge is -2.09. The zero-order chi connectivity index (χ0) is 13.5. The van der Waals surface area contributed by atoms with Crippen molar-refractivity contribution in [2.45, 2.75) is 26.8 Å². The fraction of sp³-hybridized carbons (Fsp3) is 0.462. The highest BCUT2D eigenvalue weighted by Crippen LogP contribution is 2.17. The van der Waals surface area contributed by atoms with Crippen molar-refractivity contribution in [3.63, 3.8) is 0 Å². The van der Waals surface area contributed by atoms with Gasteiger partial charge in [0.25, 0.3) is 0 Å². The van der Waals surface area contributed by atoms with Crippen molar-refractivity contribution >= 4 is 17.4 Å². The average Bonchev–Trinajstić information content (AvgIpc) is 2.34. The first-order chi connectivity index (χ1) is 8.54. The van der Waals surface area contributed by atoms with Crippen LogP contribution in [-0.4, -0.2) is 17.6 Å². The number of amidine groups is 1. The first-order valence-corrected chi connectivity index (χ1v) is 6.39. The molecule has 0 aliphatic rings. The molecule has 0 heterocycles. The number of nitrogens with two attached hydrogens (primary N) is 1. The summed E-state index contributed by atoms with van der Waals surface area (Å²) in [6.45, 7) is 6.08. The van der Waals surface area contributed by atoms with Gasteiger partial charge in [-0.25, -0.2) is 0 Å². The van der Waals surface area contributed by atoms with Crippen LogP contribution in [0.15, 0.2) is 23.4 Å². The summed E-state index contributed by atoms with van der Waals surface area (Å²) in [6.07, 6.45) is 1.14. The Hall–Kier alpha value is -1.26. The Balaban J connectivity index is 2.58. The van der Waals surface area contributed by atoms with E-state index in [0.717, 1.165) is 25.1 Å². The molecule has 18 heavy (non-hydrogen) atoms. The molecule has 0 aliphatic carbocycles. The zero-order valence-corrected chi connectivity index (χ0v) is 11.5. The summed E-state index contributed by atoms with van der Waals surface area (Å²) in [6, 6.07) is 5.38. The van der Waals surface area contributed by atoms with E-state index in [1.54, 1.807) is 12.1 Å². The molecule has 0 atom stereocenters. The van der Waals surface area contributed by atoms with Gasteiger partial charge in [-0.2, -0.15) is 0 Å². The summed E-state index contributed by atoms with van der Waals surface area (Å²) in [5, 5.41) is 15.5. The van der Waals surface area contributed by atoms with Crippen molar-refractivity contribution in [3.8, 4) is 0 Å². The highest BCUT2D eigenvalue weighted by molar-refractivity contribution is 6.31. The molecule has 0 unspecified atom stereocenters. The van der Waals surface area contributed by atoms with Gasteiger partial charge in [-0.05, 0) is 30.5 Å². The second-order valence-electron chi connectivity index (χ2n) is 4.65. The van der Waals surface area contributed by atoms with Gasteiger partial charge >= 0.3 is 0 Å². The maximum Gasteiger partial charge on any atom is 0.170 e. The molecule has 0 radical (unpaired) electrons. The van der Waals surface area contributed by atoms with Crippen LogP contribution in [0.4, 0.5) is 0 Å². The maximum absolute atomic E-state index is 8.58. The van der Waals surface area contributed by atoms with Crippen LogP contribution < -0.4 is 11.1 Å². The smallest absolute Gasteiger partial charge is 0.170 e. The van der Waals surface area contributed by atoms with Crippen LogP contribution >= 0.6 is 11.6 Å². The Morgan fingerprint density at radius 2 is 2.22 bits per heavy atom. The van der Waals surface area contributed by atoms with Gasteiger partial charge in [-0.1, -0.05) is 42.7 Å². The molecule has 0 saturated carbocycles. The molecule has 0 bridgehead atoms. The number of halogens is 1. The van der Waals surface area contributed by atoms with Gasteiger partial charge in [0.1, 0.15) is 0 Å². The van der Waals surface area contributed by atoms with Gasteiger partial charge in [0.15, 0.2) is 5.84 Å². The number of hydrogen-bond donors (Lipinski definition) is 3. The van der Waals surface area contributed by atoms with Gasteiger partial charge in [-0.15, -0.1) is 0 Å². The summed E-state index contributed by atoms with van der Waals surface area (Å²) in [5.74, 6) is 0.757. The second kappa shape index (κ2) is 7.24. The van der Waals surface area contributed by atoms with E-state index in [1.807, 2.05) is 6.07 Å². The van der Waals surface area contributed by atoms with Crippen LogP contribution in [0.2, 0.25) is 5.02 Å². The minimum atomic E-state index is 0.0659. The number of nitrogens with one attached hydrogen (secondary N) is 1. The monoisotopic (exact) mass is 269 g/mol. The molecule has 0 aliphatic heterocycles. The van der Waals surface area contributed by atoms with Gasteiger partial charge in [-0.3, -0.25) is 0 Å². The Kier molecular flexibility index (Phi) is 5.95. The van der Waals surface area contributed by atoms with Crippen molar-refractivity contribution in [3.05, 3.63) is 34.3 Å². The van der Waals surface area contributed by atoms with Crippen molar-refractivity contribution in [2.24, 2.45) is 16.8 Å². The van der Waals surface area contributed by atoms with Crippen LogP contribution in [0.25, 0.3) is 0 Å². The van der Waals surface area contributed by atoms with Crippen LogP contribution in [-0.2, 0) is 6.54 Å². The van der Waals surface area contributed by atoms with Crippen LogP contribution in [0.3, 0.4) is 0 Å². The Labute approximate surface area is 113 Å².